The summed E-state index contributed by atoms with van der Waals surface area (Å²) in [5.41, 5.74) is 1.13. The van der Waals surface area contributed by atoms with Crippen molar-refractivity contribution in [1.82, 2.24) is 4.98 Å². The Kier molecular flexibility index (Phi) is 3.38. The van der Waals surface area contributed by atoms with Crippen molar-refractivity contribution in [2.45, 2.75) is 4.90 Å². The summed E-state index contributed by atoms with van der Waals surface area (Å²) in [7, 11) is 1.42. The molecule has 0 radical (unpaired) electrons. The standard InChI is InChI=1S/C11H7Cl2NO2S/c12-10-9(17(13,15)16)6-7-14-11(10)8-4-2-1-3-5-8/h1-7H. The molecule has 0 bridgehead atoms. The van der Waals surface area contributed by atoms with Crippen LogP contribution in [0.4, 0.5) is 0 Å². The van der Waals surface area contributed by atoms with Crippen molar-refractivity contribution in [1.29, 1.82) is 0 Å². The first-order chi connectivity index (χ1) is 8.00. The maximum Gasteiger partial charge on any atom is 0.262 e. The van der Waals surface area contributed by atoms with Crippen LogP contribution in [0.25, 0.3) is 11.3 Å². The second-order valence-electron chi connectivity index (χ2n) is 3.28. The van der Waals surface area contributed by atoms with E-state index in [4.69, 9.17) is 22.3 Å². The molecule has 0 aliphatic rings. The Hall–Kier alpha value is -1.10. The zero-order valence-corrected chi connectivity index (χ0v) is 10.8. The van der Waals surface area contributed by atoms with Gasteiger partial charge in [-0.25, -0.2) is 8.42 Å². The average Bonchev–Trinajstić information content (AvgIpc) is 2.29. The number of pyridine rings is 1. The van der Waals surface area contributed by atoms with Gasteiger partial charge in [-0.05, 0) is 6.07 Å². The Morgan fingerprint density at radius 2 is 1.71 bits per heavy atom. The smallest absolute Gasteiger partial charge is 0.255 e. The quantitative estimate of drug-likeness (QED) is 0.796. The van der Waals surface area contributed by atoms with Crippen molar-refractivity contribution in [2.24, 2.45) is 0 Å². The highest BCUT2D eigenvalue weighted by Crippen LogP contribution is 2.32. The molecule has 0 amide bonds. The second-order valence-corrected chi connectivity index (χ2v) is 6.19. The van der Waals surface area contributed by atoms with Crippen LogP contribution in [0.1, 0.15) is 0 Å². The highest BCUT2D eigenvalue weighted by Gasteiger charge is 2.18. The number of rotatable bonds is 2. The van der Waals surface area contributed by atoms with Crippen molar-refractivity contribution < 1.29 is 8.42 Å². The van der Waals surface area contributed by atoms with Gasteiger partial charge in [0.25, 0.3) is 9.05 Å². The molecular weight excluding hydrogens is 281 g/mol. The molecule has 1 aromatic heterocycles. The van der Waals surface area contributed by atoms with E-state index in [1.54, 1.807) is 12.1 Å². The van der Waals surface area contributed by atoms with Crippen molar-refractivity contribution in [3.63, 3.8) is 0 Å². The summed E-state index contributed by atoms with van der Waals surface area (Å²) in [5, 5.41) is 0.0358. The van der Waals surface area contributed by atoms with E-state index in [-0.39, 0.29) is 9.92 Å². The first-order valence-electron chi connectivity index (χ1n) is 4.65. The van der Waals surface area contributed by atoms with Gasteiger partial charge in [-0.3, -0.25) is 4.98 Å². The topological polar surface area (TPSA) is 47.0 Å². The summed E-state index contributed by atoms with van der Waals surface area (Å²) < 4.78 is 22.6. The molecule has 2 rings (SSSR count). The van der Waals surface area contributed by atoms with E-state index in [2.05, 4.69) is 4.98 Å². The second kappa shape index (κ2) is 4.64. The van der Waals surface area contributed by atoms with Gasteiger partial charge in [-0.2, -0.15) is 0 Å². The monoisotopic (exact) mass is 287 g/mol. The number of aromatic nitrogens is 1. The number of hydrogen-bond donors (Lipinski definition) is 0. The lowest BCUT2D eigenvalue weighted by molar-refractivity contribution is 0.609. The minimum absolute atomic E-state index is 0.0358. The fraction of sp³-hybridized carbons (Fsp3) is 0. The van der Waals surface area contributed by atoms with Gasteiger partial charge in [0.1, 0.15) is 4.90 Å². The Morgan fingerprint density at radius 3 is 2.29 bits per heavy atom. The molecule has 0 unspecified atom stereocenters. The van der Waals surface area contributed by atoms with Crippen molar-refractivity contribution in [2.75, 3.05) is 0 Å². The van der Waals surface area contributed by atoms with Crippen LogP contribution in [0.3, 0.4) is 0 Å². The van der Waals surface area contributed by atoms with Gasteiger partial charge >= 0.3 is 0 Å². The fourth-order valence-corrected chi connectivity index (χ4v) is 2.98. The lowest BCUT2D eigenvalue weighted by Gasteiger charge is -2.06. The van der Waals surface area contributed by atoms with E-state index in [1.807, 2.05) is 18.2 Å². The Bertz CT molecular complexity index is 642. The summed E-state index contributed by atoms with van der Waals surface area (Å²) >= 11 is 6.00. The van der Waals surface area contributed by atoms with E-state index in [0.717, 1.165) is 5.56 Å². The molecule has 0 atom stereocenters. The Morgan fingerprint density at radius 1 is 1.06 bits per heavy atom. The maximum atomic E-state index is 11.3. The molecule has 88 valence electrons. The molecule has 0 aliphatic heterocycles. The predicted molar refractivity (Wildman–Crippen MR) is 67.7 cm³/mol. The lowest BCUT2D eigenvalue weighted by atomic mass is 10.1. The van der Waals surface area contributed by atoms with Crippen LogP contribution in [-0.4, -0.2) is 13.4 Å². The predicted octanol–water partition coefficient (Wildman–Crippen LogP) is 3.33. The molecule has 0 saturated heterocycles. The highest BCUT2D eigenvalue weighted by atomic mass is 35.7. The van der Waals surface area contributed by atoms with Crippen LogP contribution in [0.15, 0.2) is 47.5 Å². The molecule has 6 heteroatoms. The molecule has 17 heavy (non-hydrogen) atoms. The highest BCUT2D eigenvalue weighted by molar-refractivity contribution is 8.13. The lowest BCUT2D eigenvalue weighted by Crippen LogP contribution is -1.95. The third kappa shape index (κ3) is 2.60. The molecule has 0 fully saturated rings. The van der Waals surface area contributed by atoms with Crippen molar-refractivity contribution in [3.05, 3.63) is 47.6 Å². The summed E-state index contributed by atoms with van der Waals surface area (Å²) in [5.74, 6) is 0. The summed E-state index contributed by atoms with van der Waals surface area (Å²) in [4.78, 5) is 3.94. The Balaban J connectivity index is 2.67. The summed E-state index contributed by atoms with van der Waals surface area (Å²) in [6.07, 6.45) is 1.36. The van der Waals surface area contributed by atoms with Crippen molar-refractivity contribution >= 4 is 31.3 Å². The van der Waals surface area contributed by atoms with Crippen molar-refractivity contribution in [3.8, 4) is 11.3 Å². The van der Waals surface area contributed by atoms with Gasteiger partial charge in [0.15, 0.2) is 0 Å². The van der Waals surface area contributed by atoms with E-state index < -0.39 is 9.05 Å². The van der Waals surface area contributed by atoms with Gasteiger partial charge in [-0.15, -0.1) is 0 Å². The zero-order chi connectivity index (χ0) is 12.5. The van der Waals surface area contributed by atoms with Gasteiger partial charge < -0.3 is 0 Å². The first-order valence-corrected chi connectivity index (χ1v) is 7.33. The molecule has 0 N–H and O–H groups in total. The summed E-state index contributed by atoms with van der Waals surface area (Å²) in [6, 6.07) is 10.3. The molecular formula is C11H7Cl2NO2S. The molecule has 2 aromatic rings. The van der Waals surface area contributed by atoms with E-state index >= 15 is 0 Å². The van der Waals surface area contributed by atoms with Gasteiger partial charge in [0.05, 0.1) is 10.7 Å². The van der Waals surface area contributed by atoms with E-state index in [0.29, 0.717) is 5.69 Å². The minimum Gasteiger partial charge on any atom is -0.255 e. The minimum atomic E-state index is -3.86. The normalized spacial score (nSPS) is 11.4. The zero-order valence-electron chi connectivity index (χ0n) is 8.47. The molecule has 1 aromatic carbocycles. The van der Waals surface area contributed by atoms with Gasteiger partial charge in [-0.1, -0.05) is 41.9 Å². The molecule has 0 aliphatic carbocycles. The van der Waals surface area contributed by atoms with E-state index in [9.17, 15) is 8.42 Å². The summed E-state index contributed by atoms with van der Waals surface area (Å²) in [6.45, 7) is 0. The number of benzene rings is 1. The molecule has 1 heterocycles. The average molecular weight is 288 g/mol. The van der Waals surface area contributed by atoms with Crippen LogP contribution in [-0.2, 0) is 9.05 Å². The molecule has 0 saturated carbocycles. The van der Waals surface area contributed by atoms with Gasteiger partial charge in [0, 0.05) is 22.4 Å². The van der Waals surface area contributed by atoms with Gasteiger partial charge in [0.2, 0.25) is 0 Å². The first kappa shape index (κ1) is 12.4. The molecule has 3 nitrogen and oxygen atoms in total. The Labute approximate surface area is 108 Å². The van der Waals surface area contributed by atoms with Crippen LogP contribution >= 0.6 is 22.3 Å². The third-order valence-corrected chi connectivity index (χ3v) is 4.02. The SMILES string of the molecule is O=S(=O)(Cl)c1ccnc(-c2ccccc2)c1Cl. The third-order valence-electron chi connectivity index (χ3n) is 2.16. The fourth-order valence-electron chi connectivity index (χ4n) is 1.41. The number of halogens is 2. The van der Waals surface area contributed by atoms with Crippen LogP contribution in [0, 0.1) is 0 Å². The van der Waals surface area contributed by atoms with Crippen LogP contribution in [0.2, 0.25) is 5.02 Å². The largest absolute Gasteiger partial charge is 0.262 e. The number of nitrogens with zero attached hydrogens (tertiary/aromatic N) is 1. The maximum absolute atomic E-state index is 11.3. The van der Waals surface area contributed by atoms with Crippen LogP contribution in [0.5, 0.6) is 0 Å². The number of hydrogen-bond acceptors (Lipinski definition) is 3. The van der Waals surface area contributed by atoms with E-state index in [1.165, 1.54) is 12.3 Å². The molecule has 0 spiro atoms. The van der Waals surface area contributed by atoms with Crippen LogP contribution < -0.4 is 0 Å².